The maximum absolute atomic E-state index is 12.0. The summed E-state index contributed by atoms with van der Waals surface area (Å²) < 4.78 is 5.35. The lowest BCUT2D eigenvalue weighted by molar-refractivity contribution is 0.0285. The summed E-state index contributed by atoms with van der Waals surface area (Å²) >= 11 is 0. The van der Waals surface area contributed by atoms with Gasteiger partial charge < -0.3 is 15.0 Å². The third kappa shape index (κ3) is 4.76. The Balaban J connectivity index is 1.96. The molecule has 5 heteroatoms. The molecule has 0 spiro atoms. The number of amides is 1. The Morgan fingerprint density at radius 2 is 2.00 bits per heavy atom. The highest BCUT2D eigenvalue weighted by molar-refractivity contribution is 5.99. The van der Waals surface area contributed by atoms with E-state index < -0.39 is 5.60 Å². The lowest BCUT2D eigenvalue weighted by Crippen LogP contribution is -2.33. The lowest BCUT2D eigenvalue weighted by atomic mass is 10.1. The predicted molar refractivity (Wildman–Crippen MR) is 88.2 cm³/mol. The molecule has 1 aromatic rings. The van der Waals surface area contributed by atoms with Crippen LogP contribution in [0, 0.1) is 0 Å². The zero-order valence-electron chi connectivity index (χ0n) is 13.8. The third-order valence-electron chi connectivity index (χ3n) is 3.25. The van der Waals surface area contributed by atoms with Gasteiger partial charge in [-0.2, -0.15) is 0 Å². The summed E-state index contributed by atoms with van der Waals surface area (Å²) in [4.78, 5) is 18.0. The highest BCUT2D eigenvalue weighted by atomic mass is 16.6. The van der Waals surface area contributed by atoms with Gasteiger partial charge in [-0.3, -0.25) is 4.99 Å². The van der Waals surface area contributed by atoms with Crippen LogP contribution in [0.15, 0.2) is 29.3 Å². The first-order valence-electron chi connectivity index (χ1n) is 7.67. The van der Waals surface area contributed by atoms with Crippen LogP contribution in [0.5, 0.6) is 0 Å². The normalized spacial score (nSPS) is 14.8. The molecular formula is C17H25N3O2. The Hall–Kier alpha value is -2.04. The second kappa shape index (κ2) is 6.81. The SMILES string of the molecule is CN(Cc1ccc(C2=NCCCN2)cc1)C(=O)OC(C)(C)C. The summed E-state index contributed by atoms with van der Waals surface area (Å²) in [6.45, 7) is 7.98. The summed E-state index contributed by atoms with van der Waals surface area (Å²) in [5, 5.41) is 3.31. The molecule has 1 aliphatic rings. The zero-order valence-corrected chi connectivity index (χ0v) is 13.8. The molecule has 1 aliphatic heterocycles. The number of aliphatic imine (C=N–C) groups is 1. The first-order chi connectivity index (χ1) is 10.3. The molecule has 1 aromatic carbocycles. The molecule has 0 saturated heterocycles. The Morgan fingerprint density at radius 3 is 2.55 bits per heavy atom. The standard InChI is InChI=1S/C17H25N3O2/c1-17(2,3)22-16(21)20(4)12-13-6-8-14(9-7-13)15-18-10-5-11-19-15/h6-9H,5,10-12H2,1-4H3,(H,18,19). The summed E-state index contributed by atoms with van der Waals surface area (Å²) in [5.41, 5.74) is 1.68. The highest BCUT2D eigenvalue weighted by Crippen LogP contribution is 2.12. The number of carbonyl (C=O) groups excluding carboxylic acids is 1. The maximum Gasteiger partial charge on any atom is 0.410 e. The maximum atomic E-state index is 12.0. The number of nitrogens with one attached hydrogen (secondary N) is 1. The Kier molecular flexibility index (Phi) is 5.06. The van der Waals surface area contributed by atoms with Crippen LogP contribution in [-0.4, -0.2) is 42.6 Å². The van der Waals surface area contributed by atoms with Gasteiger partial charge in [0.25, 0.3) is 0 Å². The van der Waals surface area contributed by atoms with Gasteiger partial charge in [0.05, 0.1) is 0 Å². The van der Waals surface area contributed by atoms with Crippen molar-refractivity contribution < 1.29 is 9.53 Å². The van der Waals surface area contributed by atoms with Gasteiger partial charge in [-0.1, -0.05) is 24.3 Å². The van der Waals surface area contributed by atoms with Gasteiger partial charge in [-0.05, 0) is 32.8 Å². The molecule has 0 aromatic heterocycles. The number of carbonyl (C=O) groups is 1. The van der Waals surface area contributed by atoms with Gasteiger partial charge in [-0.25, -0.2) is 4.79 Å². The molecule has 1 heterocycles. The van der Waals surface area contributed by atoms with Crippen LogP contribution in [0.1, 0.15) is 38.3 Å². The third-order valence-corrected chi connectivity index (χ3v) is 3.25. The molecule has 0 fully saturated rings. The molecule has 120 valence electrons. The lowest BCUT2D eigenvalue weighted by Gasteiger charge is -2.24. The molecule has 22 heavy (non-hydrogen) atoms. The van der Waals surface area contributed by atoms with Crippen molar-refractivity contribution in [3.8, 4) is 0 Å². The van der Waals surface area contributed by atoms with Crippen molar-refractivity contribution in [2.45, 2.75) is 39.3 Å². The number of hydrogen-bond acceptors (Lipinski definition) is 4. The summed E-state index contributed by atoms with van der Waals surface area (Å²) in [6, 6.07) is 8.12. The number of nitrogens with zero attached hydrogens (tertiary/aromatic N) is 2. The Morgan fingerprint density at radius 1 is 1.32 bits per heavy atom. The van der Waals surface area contributed by atoms with E-state index in [2.05, 4.69) is 10.3 Å². The quantitative estimate of drug-likeness (QED) is 0.934. The fourth-order valence-electron chi connectivity index (χ4n) is 2.17. The first-order valence-corrected chi connectivity index (χ1v) is 7.67. The van der Waals surface area contributed by atoms with E-state index in [1.807, 2.05) is 45.0 Å². The van der Waals surface area contributed by atoms with E-state index in [1.54, 1.807) is 11.9 Å². The Bertz CT molecular complexity index is 544. The van der Waals surface area contributed by atoms with Crippen LogP contribution < -0.4 is 5.32 Å². The molecule has 0 saturated carbocycles. The molecule has 0 atom stereocenters. The fourth-order valence-corrected chi connectivity index (χ4v) is 2.17. The van der Waals surface area contributed by atoms with Crippen molar-refractivity contribution in [3.05, 3.63) is 35.4 Å². The predicted octanol–water partition coefficient (Wildman–Crippen LogP) is 2.79. The molecule has 5 nitrogen and oxygen atoms in total. The van der Waals surface area contributed by atoms with Crippen LogP contribution in [0.4, 0.5) is 4.79 Å². The van der Waals surface area contributed by atoms with E-state index in [9.17, 15) is 4.79 Å². The molecule has 1 amide bonds. The topological polar surface area (TPSA) is 53.9 Å². The molecule has 0 aliphatic carbocycles. The smallest absolute Gasteiger partial charge is 0.410 e. The fraction of sp³-hybridized carbons (Fsp3) is 0.529. The van der Waals surface area contributed by atoms with Gasteiger partial charge in [0, 0.05) is 32.2 Å². The minimum atomic E-state index is -0.472. The van der Waals surface area contributed by atoms with Gasteiger partial charge >= 0.3 is 6.09 Å². The number of hydrogen-bond donors (Lipinski definition) is 1. The number of benzene rings is 1. The first kappa shape index (κ1) is 16.3. The highest BCUT2D eigenvalue weighted by Gasteiger charge is 2.19. The van der Waals surface area contributed by atoms with Crippen LogP contribution in [-0.2, 0) is 11.3 Å². The number of rotatable bonds is 3. The van der Waals surface area contributed by atoms with E-state index in [1.165, 1.54) is 0 Å². The largest absolute Gasteiger partial charge is 0.444 e. The Labute approximate surface area is 132 Å². The molecule has 2 rings (SSSR count). The molecule has 0 radical (unpaired) electrons. The van der Waals surface area contributed by atoms with Gasteiger partial charge in [0.1, 0.15) is 11.4 Å². The molecular weight excluding hydrogens is 278 g/mol. The number of ether oxygens (including phenoxy) is 1. The average molecular weight is 303 g/mol. The van der Waals surface area contributed by atoms with Crippen molar-refractivity contribution in [2.75, 3.05) is 20.1 Å². The minimum Gasteiger partial charge on any atom is -0.444 e. The number of amidine groups is 1. The van der Waals surface area contributed by atoms with Crippen molar-refractivity contribution in [2.24, 2.45) is 4.99 Å². The van der Waals surface area contributed by atoms with Gasteiger partial charge in [0.2, 0.25) is 0 Å². The second-order valence-corrected chi connectivity index (χ2v) is 6.54. The van der Waals surface area contributed by atoms with E-state index in [0.29, 0.717) is 6.54 Å². The van der Waals surface area contributed by atoms with Crippen molar-refractivity contribution in [1.82, 2.24) is 10.2 Å². The van der Waals surface area contributed by atoms with Crippen molar-refractivity contribution >= 4 is 11.9 Å². The second-order valence-electron chi connectivity index (χ2n) is 6.54. The van der Waals surface area contributed by atoms with Crippen LogP contribution in [0.2, 0.25) is 0 Å². The van der Waals surface area contributed by atoms with Crippen LogP contribution in [0.25, 0.3) is 0 Å². The van der Waals surface area contributed by atoms with E-state index in [4.69, 9.17) is 4.74 Å². The monoisotopic (exact) mass is 303 g/mol. The summed E-state index contributed by atoms with van der Waals surface area (Å²) in [6.07, 6.45) is 0.775. The van der Waals surface area contributed by atoms with Gasteiger partial charge in [0.15, 0.2) is 0 Å². The van der Waals surface area contributed by atoms with Crippen molar-refractivity contribution in [1.29, 1.82) is 0 Å². The van der Waals surface area contributed by atoms with E-state index in [0.717, 1.165) is 36.5 Å². The van der Waals surface area contributed by atoms with Crippen molar-refractivity contribution in [3.63, 3.8) is 0 Å². The summed E-state index contributed by atoms with van der Waals surface area (Å²) in [7, 11) is 1.74. The molecule has 0 unspecified atom stereocenters. The van der Waals surface area contributed by atoms with Crippen LogP contribution >= 0.6 is 0 Å². The minimum absolute atomic E-state index is 0.310. The molecule has 0 bridgehead atoms. The summed E-state index contributed by atoms with van der Waals surface area (Å²) in [5.74, 6) is 0.957. The van der Waals surface area contributed by atoms with Crippen LogP contribution in [0.3, 0.4) is 0 Å². The average Bonchev–Trinajstić information content (AvgIpc) is 2.47. The zero-order chi connectivity index (χ0) is 16.2. The van der Waals surface area contributed by atoms with E-state index >= 15 is 0 Å². The molecule has 1 N–H and O–H groups in total. The van der Waals surface area contributed by atoms with E-state index in [-0.39, 0.29) is 6.09 Å². The van der Waals surface area contributed by atoms with Gasteiger partial charge in [-0.15, -0.1) is 0 Å².